The predicted octanol–water partition coefficient (Wildman–Crippen LogP) is 4.92. The highest BCUT2D eigenvalue weighted by Gasteiger charge is 2.06. The van der Waals surface area contributed by atoms with Crippen LogP contribution in [0.15, 0.2) is 46.9 Å². The van der Waals surface area contributed by atoms with Crippen molar-refractivity contribution in [3.63, 3.8) is 0 Å². The second-order valence-corrected chi connectivity index (χ2v) is 3.55. The lowest BCUT2D eigenvalue weighted by Gasteiger charge is -1.91. The molecular formula is C15H16O. The summed E-state index contributed by atoms with van der Waals surface area (Å²) in [6.45, 7) is 6.07. The molecule has 0 N–H and O–H groups in total. The minimum Gasteiger partial charge on any atom is -0.456 e. The van der Waals surface area contributed by atoms with Gasteiger partial charge in [0.25, 0.3) is 0 Å². The highest BCUT2D eigenvalue weighted by atomic mass is 16.3. The SMILES string of the molecule is CC.Cc1cccc2c1oc1ccccc12. The van der Waals surface area contributed by atoms with Crippen molar-refractivity contribution in [1.82, 2.24) is 0 Å². The summed E-state index contributed by atoms with van der Waals surface area (Å²) in [5.74, 6) is 0. The van der Waals surface area contributed by atoms with Crippen LogP contribution < -0.4 is 0 Å². The van der Waals surface area contributed by atoms with E-state index in [-0.39, 0.29) is 0 Å². The van der Waals surface area contributed by atoms with Crippen LogP contribution in [0.3, 0.4) is 0 Å². The van der Waals surface area contributed by atoms with E-state index in [4.69, 9.17) is 4.42 Å². The Hall–Kier alpha value is -1.76. The van der Waals surface area contributed by atoms with Gasteiger partial charge in [-0.2, -0.15) is 0 Å². The van der Waals surface area contributed by atoms with Gasteiger partial charge in [0, 0.05) is 10.8 Å². The molecule has 0 unspecified atom stereocenters. The molecule has 1 heterocycles. The van der Waals surface area contributed by atoms with Crippen molar-refractivity contribution in [3.8, 4) is 0 Å². The molecule has 3 rings (SSSR count). The molecule has 3 aromatic rings. The number of benzene rings is 2. The molecule has 0 spiro atoms. The maximum atomic E-state index is 5.78. The highest BCUT2D eigenvalue weighted by molar-refractivity contribution is 6.05. The minimum atomic E-state index is 0.969. The number of furan rings is 1. The van der Waals surface area contributed by atoms with Gasteiger partial charge in [0.15, 0.2) is 0 Å². The average Bonchev–Trinajstić information content (AvgIpc) is 2.72. The monoisotopic (exact) mass is 212 g/mol. The molecule has 2 aromatic carbocycles. The molecule has 1 heteroatoms. The van der Waals surface area contributed by atoms with Crippen molar-refractivity contribution in [2.45, 2.75) is 20.8 Å². The summed E-state index contributed by atoms with van der Waals surface area (Å²) in [4.78, 5) is 0. The van der Waals surface area contributed by atoms with Crippen molar-refractivity contribution in [3.05, 3.63) is 48.0 Å². The van der Waals surface area contributed by atoms with E-state index in [0.717, 1.165) is 11.2 Å². The molecule has 0 aliphatic carbocycles. The molecule has 0 aliphatic rings. The highest BCUT2D eigenvalue weighted by Crippen LogP contribution is 2.29. The van der Waals surface area contributed by atoms with Crippen LogP contribution in [0.5, 0.6) is 0 Å². The lowest BCUT2D eigenvalue weighted by Crippen LogP contribution is -1.70. The third kappa shape index (κ3) is 1.58. The van der Waals surface area contributed by atoms with Crippen LogP contribution in [0.1, 0.15) is 19.4 Å². The molecule has 0 radical (unpaired) electrons. The fourth-order valence-corrected chi connectivity index (χ4v) is 1.89. The summed E-state index contributed by atoms with van der Waals surface area (Å²) in [5.41, 5.74) is 3.17. The Morgan fingerprint density at radius 3 is 2.31 bits per heavy atom. The summed E-state index contributed by atoms with van der Waals surface area (Å²) >= 11 is 0. The number of para-hydroxylation sites is 2. The summed E-state index contributed by atoms with van der Waals surface area (Å²) in [6, 6.07) is 14.4. The smallest absolute Gasteiger partial charge is 0.138 e. The Kier molecular flexibility index (Phi) is 2.95. The van der Waals surface area contributed by atoms with Crippen LogP contribution in [0.4, 0.5) is 0 Å². The van der Waals surface area contributed by atoms with Gasteiger partial charge in [-0.05, 0) is 18.6 Å². The molecule has 1 aromatic heterocycles. The van der Waals surface area contributed by atoms with Crippen LogP contribution in [0.25, 0.3) is 21.9 Å². The molecule has 0 saturated heterocycles. The lowest BCUT2D eigenvalue weighted by molar-refractivity contribution is 0.666. The van der Waals surface area contributed by atoms with Gasteiger partial charge in [-0.1, -0.05) is 50.2 Å². The Labute approximate surface area is 95.7 Å². The summed E-state index contributed by atoms with van der Waals surface area (Å²) in [7, 11) is 0. The third-order valence-electron chi connectivity index (χ3n) is 2.60. The fourth-order valence-electron chi connectivity index (χ4n) is 1.89. The van der Waals surface area contributed by atoms with E-state index in [0.29, 0.717) is 0 Å². The molecule has 0 bridgehead atoms. The van der Waals surface area contributed by atoms with Gasteiger partial charge in [-0.3, -0.25) is 0 Å². The summed E-state index contributed by atoms with van der Waals surface area (Å²) < 4.78 is 5.78. The molecule has 16 heavy (non-hydrogen) atoms. The first-order valence-electron chi connectivity index (χ1n) is 5.73. The minimum absolute atomic E-state index is 0.969. The zero-order chi connectivity index (χ0) is 11.5. The number of hydrogen-bond donors (Lipinski definition) is 0. The number of rotatable bonds is 0. The van der Waals surface area contributed by atoms with Crippen molar-refractivity contribution in [1.29, 1.82) is 0 Å². The lowest BCUT2D eigenvalue weighted by atomic mass is 10.1. The molecule has 0 amide bonds. The Morgan fingerprint density at radius 1 is 0.812 bits per heavy atom. The maximum absolute atomic E-state index is 5.78. The second kappa shape index (κ2) is 4.40. The molecule has 0 saturated carbocycles. The molecule has 0 aliphatic heterocycles. The van der Waals surface area contributed by atoms with E-state index in [1.54, 1.807) is 0 Å². The number of hydrogen-bond acceptors (Lipinski definition) is 1. The Morgan fingerprint density at radius 2 is 1.50 bits per heavy atom. The first-order valence-corrected chi connectivity index (χ1v) is 5.73. The molecular weight excluding hydrogens is 196 g/mol. The van der Waals surface area contributed by atoms with Crippen molar-refractivity contribution in [2.24, 2.45) is 0 Å². The van der Waals surface area contributed by atoms with E-state index >= 15 is 0 Å². The van der Waals surface area contributed by atoms with Gasteiger partial charge >= 0.3 is 0 Å². The zero-order valence-corrected chi connectivity index (χ0v) is 9.95. The Balaban J connectivity index is 0.000000457. The van der Waals surface area contributed by atoms with Gasteiger partial charge in [0.05, 0.1) is 0 Å². The van der Waals surface area contributed by atoms with E-state index in [1.807, 2.05) is 32.0 Å². The standard InChI is InChI=1S/C13H10O.C2H6/c1-9-5-4-7-11-10-6-2-3-8-12(10)14-13(9)11;1-2/h2-8H,1H3;1-2H3. The second-order valence-electron chi connectivity index (χ2n) is 3.55. The normalized spacial score (nSPS) is 10.2. The Bertz CT molecular complexity index is 605. The average molecular weight is 212 g/mol. The van der Waals surface area contributed by atoms with Crippen LogP contribution in [-0.4, -0.2) is 0 Å². The topological polar surface area (TPSA) is 13.1 Å². The van der Waals surface area contributed by atoms with Crippen LogP contribution in [0.2, 0.25) is 0 Å². The van der Waals surface area contributed by atoms with E-state index < -0.39 is 0 Å². The first kappa shape index (κ1) is 10.7. The molecule has 0 atom stereocenters. The first-order chi connectivity index (χ1) is 7.86. The summed E-state index contributed by atoms with van der Waals surface area (Å²) in [5, 5.41) is 2.41. The van der Waals surface area contributed by atoms with Crippen molar-refractivity contribution < 1.29 is 4.42 Å². The van der Waals surface area contributed by atoms with Gasteiger partial charge in [-0.15, -0.1) is 0 Å². The molecule has 1 nitrogen and oxygen atoms in total. The van der Waals surface area contributed by atoms with Crippen LogP contribution in [0, 0.1) is 6.92 Å². The van der Waals surface area contributed by atoms with Gasteiger partial charge in [0.1, 0.15) is 11.2 Å². The maximum Gasteiger partial charge on any atom is 0.138 e. The van der Waals surface area contributed by atoms with Gasteiger partial charge in [-0.25, -0.2) is 0 Å². The van der Waals surface area contributed by atoms with E-state index in [1.165, 1.54) is 16.3 Å². The molecule has 82 valence electrons. The largest absolute Gasteiger partial charge is 0.456 e. The van der Waals surface area contributed by atoms with Gasteiger partial charge < -0.3 is 4.42 Å². The van der Waals surface area contributed by atoms with Gasteiger partial charge in [0.2, 0.25) is 0 Å². The molecule has 0 fully saturated rings. The number of fused-ring (bicyclic) bond motifs is 3. The van der Waals surface area contributed by atoms with Crippen molar-refractivity contribution in [2.75, 3.05) is 0 Å². The fraction of sp³-hybridized carbons (Fsp3) is 0.200. The summed E-state index contributed by atoms with van der Waals surface area (Å²) in [6.07, 6.45) is 0. The zero-order valence-electron chi connectivity index (χ0n) is 9.95. The van der Waals surface area contributed by atoms with E-state index in [2.05, 4.69) is 31.2 Å². The van der Waals surface area contributed by atoms with Crippen LogP contribution in [-0.2, 0) is 0 Å². The number of aryl methyl sites for hydroxylation is 1. The third-order valence-corrected chi connectivity index (χ3v) is 2.60. The van der Waals surface area contributed by atoms with Crippen molar-refractivity contribution >= 4 is 21.9 Å². The van der Waals surface area contributed by atoms with Crippen LogP contribution >= 0.6 is 0 Å². The quantitative estimate of drug-likeness (QED) is 0.515. The predicted molar refractivity (Wildman–Crippen MR) is 69.8 cm³/mol. The van der Waals surface area contributed by atoms with E-state index in [9.17, 15) is 0 Å².